The Morgan fingerprint density at radius 3 is 1.95 bits per heavy atom. The molecule has 0 aromatic heterocycles. The highest BCUT2D eigenvalue weighted by atomic mass is 19.1. The van der Waals surface area contributed by atoms with Crippen LogP contribution in [0.1, 0.15) is 34.7 Å². The second kappa shape index (κ2) is 15.3. The summed E-state index contributed by atoms with van der Waals surface area (Å²) in [6.07, 6.45) is 4.51. The molecule has 6 heteroatoms. The average Bonchev–Trinajstić information content (AvgIpc) is 3.07. The molecule has 4 aromatic rings. The van der Waals surface area contributed by atoms with Crippen molar-refractivity contribution in [2.24, 2.45) is 0 Å². The first kappa shape index (κ1) is 30.9. The molecule has 5 rings (SSSR count). The number of piperazine rings is 1. The van der Waals surface area contributed by atoms with E-state index in [-0.39, 0.29) is 17.6 Å². The number of hydrogen-bond donors (Lipinski definition) is 0. The molecule has 1 aliphatic rings. The quantitative estimate of drug-likeness (QED) is 0.191. The number of benzene rings is 4. The molecule has 4 aromatic carbocycles. The highest BCUT2D eigenvalue weighted by Crippen LogP contribution is 2.20. The molecule has 0 N–H and O–H groups in total. The first-order chi connectivity index (χ1) is 21.5. The first-order valence-electron chi connectivity index (χ1n) is 15.4. The third-order valence-electron chi connectivity index (χ3n) is 8.22. The van der Waals surface area contributed by atoms with E-state index in [4.69, 9.17) is 0 Å². The molecule has 5 nitrogen and oxygen atoms in total. The largest absolute Gasteiger partial charge is 0.338 e. The normalized spacial score (nSPS) is 14.5. The van der Waals surface area contributed by atoms with E-state index in [2.05, 4.69) is 48.2 Å². The van der Waals surface area contributed by atoms with Gasteiger partial charge in [0.2, 0.25) is 11.8 Å². The Morgan fingerprint density at radius 2 is 1.34 bits per heavy atom. The molecular weight excluding hydrogens is 549 g/mol. The maximum Gasteiger partial charge on any atom is 0.247 e. The predicted octanol–water partition coefficient (Wildman–Crippen LogP) is 6.39. The van der Waals surface area contributed by atoms with Crippen molar-refractivity contribution in [3.8, 4) is 0 Å². The van der Waals surface area contributed by atoms with Gasteiger partial charge in [-0.2, -0.15) is 0 Å². The number of carbonyl (C=O) groups is 2. The summed E-state index contributed by atoms with van der Waals surface area (Å²) in [5.41, 5.74) is 5.15. The zero-order valence-electron chi connectivity index (χ0n) is 25.3. The lowest BCUT2D eigenvalue weighted by Gasteiger charge is -2.39. The van der Waals surface area contributed by atoms with E-state index in [1.165, 1.54) is 29.3 Å². The fraction of sp³-hybridized carbons (Fsp3) is 0.263. The minimum atomic E-state index is -0.686. The van der Waals surface area contributed by atoms with Crippen molar-refractivity contribution in [1.29, 1.82) is 0 Å². The summed E-state index contributed by atoms with van der Waals surface area (Å²) in [6, 6.07) is 33.8. The molecule has 1 unspecified atom stereocenters. The van der Waals surface area contributed by atoms with E-state index in [9.17, 15) is 14.0 Å². The number of amides is 2. The summed E-state index contributed by atoms with van der Waals surface area (Å²) < 4.78 is 13.5. The van der Waals surface area contributed by atoms with Gasteiger partial charge in [0.05, 0.1) is 0 Å². The fourth-order valence-electron chi connectivity index (χ4n) is 5.60. The van der Waals surface area contributed by atoms with Crippen molar-refractivity contribution in [2.45, 2.75) is 38.9 Å². The van der Waals surface area contributed by atoms with Crippen LogP contribution in [0.3, 0.4) is 0 Å². The average molecular weight is 590 g/mol. The monoisotopic (exact) mass is 589 g/mol. The minimum Gasteiger partial charge on any atom is -0.338 e. The van der Waals surface area contributed by atoms with Crippen LogP contribution < -0.4 is 0 Å². The predicted molar refractivity (Wildman–Crippen MR) is 174 cm³/mol. The van der Waals surface area contributed by atoms with E-state index in [1.807, 2.05) is 53.4 Å². The van der Waals surface area contributed by atoms with E-state index in [1.54, 1.807) is 23.1 Å². The van der Waals surface area contributed by atoms with Gasteiger partial charge in [0, 0.05) is 51.8 Å². The second-order valence-corrected chi connectivity index (χ2v) is 11.3. The number of nitrogens with zero attached hydrogens (tertiary/aromatic N) is 3. The molecule has 0 spiro atoms. The molecule has 1 heterocycles. The van der Waals surface area contributed by atoms with Crippen LogP contribution in [0.2, 0.25) is 0 Å². The maximum atomic E-state index is 14.4. The standard InChI is InChI=1S/C38H40FN3O2/c1-2-30-13-15-34(16-14-30)29-42(37(43)22-19-31-17-20-35(39)21-18-31)36(27-32-9-5-3-6-10-32)38(44)41-25-23-40(24-26-41)28-33-11-7-4-8-12-33/h3-22,36H,2,23-29H2,1H3. The van der Waals surface area contributed by atoms with Crippen molar-refractivity contribution in [1.82, 2.24) is 14.7 Å². The number of aryl methyl sites for hydroxylation is 1. The van der Waals surface area contributed by atoms with Crippen LogP contribution in [0.5, 0.6) is 0 Å². The highest BCUT2D eigenvalue weighted by Gasteiger charge is 2.34. The van der Waals surface area contributed by atoms with Gasteiger partial charge in [0.1, 0.15) is 11.9 Å². The molecule has 226 valence electrons. The van der Waals surface area contributed by atoms with Gasteiger partial charge in [-0.25, -0.2) is 4.39 Å². The van der Waals surface area contributed by atoms with Crippen LogP contribution in [0.25, 0.3) is 6.08 Å². The lowest BCUT2D eigenvalue weighted by Crippen LogP contribution is -2.56. The topological polar surface area (TPSA) is 43.9 Å². The Morgan fingerprint density at radius 1 is 0.750 bits per heavy atom. The molecule has 0 saturated carbocycles. The van der Waals surface area contributed by atoms with Gasteiger partial charge >= 0.3 is 0 Å². The van der Waals surface area contributed by atoms with E-state index >= 15 is 0 Å². The third-order valence-corrected chi connectivity index (χ3v) is 8.22. The van der Waals surface area contributed by atoms with Crippen molar-refractivity contribution in [3.05, 3.63) is 149 Å². The van der Waals surface area contributed by atoms with Gasteiger partial charge in [-0.1, -0.05) is 104 Å². The van der Waals surface area contributed by atoms with Gasteiger partial charge in [0.15, 0.2) is 0 Å². The Kier molecular flexibility index (Phi) is 10.7. The molecule has 0 aliphatic carbocycles. The zero-order valence-corrected chi connectivity index (χ0v) is 25.3. The van der Waals surface area contributed by atoms with Crippen LogP contribution in [0, 0.1) is 5.82 Å². The molecule has 0 radical (unpaired) electrons. The maximum absolute atomic E-state index is 14.4. The summed E-state index contributed by atoms with van der Waals surface area (Å²) in [7, 11) is 0. The van der Waals surface area contributed by atoms with Crippen molar-refractivity contribution in [3.63, 3.8) is 0 Å². The third kappa shape index (κ3) is 8.51. The van der Waals surface area contributed by atoms with Crippen molar-refractivity contribution in [2.75, 3.05) is 26.2 Å². The minimum absolute atomic E-state index is 0.0399. The molecule has 2 amide bonds. The van der Waals surface area contributed by atoms with Crippen LogP contribution in [-0.4, -0.2) is 58.7 Å². The van der Waals surface area contributed by atoms with Crippen LogP contribution in [0.15, 0.2) is 115 Å². The lowest BCUT2D eigenvalue weighted by atomic mass is 10.0. The first-order valence-corrected chi connectivity index (χ1v) is 15.4. The van der Waals surface area contributed by atoms with Gasteiger partial charge in [-0.15, -0.1) is 0 Å². The smallest absolute Gasteiger partial charge is 0.247 e. The molecule has 1 saturated heterocycles. The van der Waals surface area contributed by atoms with Crippen LogP contribution in [0.4, 0.5) is 4.39 Å². The lowest BCUT2D eigenvalue weighted by molar-refractivity contribution is -0.145. The van der Waals surface area contributed by atoms with Gasteiger partial charge in [0.25, 0.3) is 0 Å². The van der Waals surface area contributed by atoms with Crippen molar-refractivity contribution >= 4 is 17.9 Å². The van der Waals surface area contributed by atoms with Crippen LogP contribution >= 0.6 is 0 Å². The summed E-state index contributed by atoms with van der Waals surface area (Å²) in [6.45, 7) is 6.02. The summed E-state index contributed by atoms with van der Waals surface area (Å²) in [5.74, 6) is -0.629. The van der Waals surface area contributed by atoms with Crippen LogP contribution in [-0.2, 0) is 35.5 Å². The van der Waals surface area contributed by atoms with E-state index in [0.717, 1.165) is 37.2 Å². The summed E-state index contributed by atoms with van der Waals surface area (Å²) in [4.78, 5) is 34.3. The molecular formula is C38H40FN3O2. The Balaban J connectivity index is 1.40. The van der Waals surface area contributed by atoms with Gasteiger partial charge in [-0.3, -0.25) is 14.5 Å². The Hall–Kier alpha value is -4.55. The number of hydrogen-bond acceptors (Lipinski definition) is 3. The molecule has 1 fully saturated rings. The van der Waals surface area contributed by atoms with E-state index in [0.29, 0.717) is 31.6 Å². The number of carbonyl (C=O) groups excluding carboxylic acids is 2. The van der Waals surface area contributed by atoms with Gasteiger partial charge < -0.3 is 9.80 Å². The Labute approximate surface area is 260 Å². The van der Waals surface area contributed by atoms with Crippen molar-refractivity contribution < 1.29 is 14.0 Å². The molecule has 44 heavy (non-hydrogen) atoms. The molecule has 0 bridgehead atoms. The SMILES string of the molecule is CCc1ccc(CN(C(=O)C=Cc2ccc(F)cc2)C(Cc2ccccc2)C(=O)N2CCN(Cc3ccccc3)CC2)cc1. The fourth-order valence-corrected chi connectivity index (χ4v) is 5.60. The second-order valence-electron chi connectivity index (χ2n) is 11.3. The van der Waals surface area contributed by atoms with E-state index < -0.39 is 6.04 Å². The summed E-state index contributed by atoms with van der Waals surface area (Å²) in [5, 5.41) is 0. The van der Waals surface area contributed by atoms with Gasteiger partial charge in [-0.05, 0) is 52.4 Å². The highest BCUT2D eigenvalue weighted by molar-refractivity contribution is 5.95. The summed E-state index contributed by atoms with van der Waals surface area (Å²) >= 11 is 0. The number of halogens is 1. The Bertz CT molecular complexity index is 1510. The number of rotatable bonds is 11. The molecule has 1 atom stereocenters. The molecule has 1 aliphatic heterocycles. The zero-order chi connectivity index (χ0) is 30.7.